The molecule has 18 heavy (non-hydrogen) atoms. The highest BCUT2D eigenvalue weighted by Crippen LogP contribution is 2.46. The van der Waals surface area contributed by atoms with Crippen molar-refractivity contribution < 1.29 is 9.53 Å². The molecule has 2 heterocycles. The molecule has 96 valence electrons. The summed E-state index contributed by atoms with van der Waals surface area (Å²) >= 11 is 1.34. The Balaban J connectivity index is 2.12. The largest absolute Gasteiger partial charge is 0.465 e. The molecule has 1 aromatic heterocycles. The average molecular weight is 265 g/mol. The van der Waals surface area contributed by atoms with Crippen molar-refractivity contribution in [2.75, 3.05) is 18.3 Å². The Morgan fingerprint density at radius 3 is 2.89 bits per heavy atom. The first kappa shape index (κ1) is 11.4. The van der Waals surface area contributed by atoms with Crippen molar-refractivity contribution in [3.05, 3.63) is 16.1 Å². The molecule has 1 aromatic rings. The topological polar surface area (TPSA) is 76.4 Å². The van der Waals surface area contributed by atoms with Crippen LogP contribution in [0, 0.1) is 0 Å². The van der Waals surface area contributed by atoms with E-state index in [4.69, 9.17) is 10.5 Å². The zero-order chi connectivity index (χ0) is 12.7. The quantitative estimate of drug-likeness (QED) is 0.679. The minimum atomic E-state index is -0.369. The van der Waals surface area contributed by atoms with Crippen LogP contribution in [-0.2, 0) is 4.74 Å². The fraction of sp³-hybridized carbons (Fsp3) is 0.417. The molecule has 0 spiro atoms. The number of carbonyl (C=O) groups is 1. The van der Waals surface area contributed by atoms with Gasteiger partial charge in [-0.3, -0.25) is 5.43 Å². The number of thiophene rings is 1. The second-order valence-electron chi connectivity index (χ2n) is 4.45. The smallest absolute Gasteiger partial charge is 0.350 e. The number of rotatable bonds is 1. The number of hydrogen-bond donors (Lipinski definition) is 3. The minimum absolute atomic E-state index is 0.369. The Bertz CT molecular complexity index is 548. The van der Waals surface area contributed by atoms with Crippen molar-refractivity contribution in [3.63, 3.8) is 0 Å². The zero-order valence-corrected chi connectivity index (χ0v) is 10.9. The first-order chi connectivity index (χ1) is 8.72. The van der Waals surface area contributed by atoms with Crippen LogP contribution in [0.3, 0.4) is 0 Å². The van der Waals surface area contributed by atoms with Crippen LogP contribution in [-0.4, -0.2) is 13.1 Å². The van der Waals surface area contributed by atoms with Crippen LogP contribution >= 0.6 is 11.3 Å². The number of hydrazine groups is 1. The van der Waals surface area contributed by atoms with Crippen molar-refractivity contribution in [2.24, 2.45) is 0 Å². The van der Waals surface area contributed by atoms with Crippen molar-refractivity contribution in [1.82, 2.24) is 5.43 Å². The second-order valence-corrected chi connectivity index (χ2v) is 5.48. The van der Waals surface area contributed by atoms with E-state index in [1.807, 2.05) is 0 Å². The maximum absolute atomic E-state index is 11.7. The monoisotopic (exact) mass is 265 g/mol. The molecule has 0 amide bonds. The predicted octanol–water partition coefficient (Wildman–Crippen LogP) is 2.33. The first-order valence-corrected chi connectivity index (χ1v) is 6.79. The maximum atomic E-state index is 11.7. The van der Waals surface area contributed by atoms with E-state index in [1.165, 1.54) is 42.6 Å². The van der Waals surface area contributed by atoms with Gasteiger partial charge in [0.1, 0.15) is 9.88 Å². The molecule has 0 aromatic carbocycles. The Morgan fingerprint density at radius 2 is 2.11 bits per heavy atom. The zero-order valence-electron chi connectivity index (χ0n) is 10.1. The Morgan fingerprint density at radius 1 is 1.33 bits per heavy atom. The second kappa shape index (κ2) is 4.20. The molecule has 0 fully saturated rings. The van der Waals surface area contributed by atoms with Crippen LogP contribution in [0.25, 0.3) is 5.57 Å². The van der Waals surface area contributed by atoms with Crippen molar-refractivity contribution in [2.45, 2.75) is 25.7 Å². The highest BCUT2D eigenvalue weighted by Gasteiger charge is 2.29. The maximum Gasteiger partial charge on any atom is 0.350 e. The van der Waals surface area contributed by atoms with Crippen LogP contribution < -0.4 is 16.6 Å². The normalized spacial score (nSPS) is 17.4. The van der Waals surface area contributed by atoms with E-state index in [1.54, 1.807) is 0 Å². The van der Waals surface area contributed by atoms with E-state index >= 15 is 0 Å². The van der Waals surface area contributed by atoms with Gasteiger partial charge in [-0.1, -0.05) is 0 Å². The molecule has 5 nitrogen and oxygen atoms in total. The van der Waals surface area contributed by atoms with Gasteiger partial charge in [0.05, 0.1) is 12.8 Å². The van der Waals surface area contributed by atoms with Gasteiger partial charge in [0, 0.05) is 11.3 Å². The Labute approximate surface area is 109 Å². The number of nitrogens with two attached hydrogens (primary N) is 1. The summed E-state index contributed by atoms with van der Waals surface area (Å²) in [6.07, 6.45) is 4.41. The number of allylic oxidation sites excluding steroid dienone is 2. The number of nitrogens with one attached hydrogen (secondary N) is 2. The van der Waals surface area contributed by atoms with E-state index in [-0.39, 0.29) is 5.97 Å². The van der Waals surface area contributed by atoms with Crippen molar-refractivity contribution >= 4 is 33.6 Å². The van der Waals surface area contributed by atoms with E-state index in [0.29, 0.717) is 10.6 Å². The fourth-order valence-corrected chi connectivity index (χ4v) is 3.55. The third-order valence-electron chi connectivity index (χ3n) is 3.41. The van der Waals surface area contributed by atoms with Gasteiger partial charge in [-0.2, -0.15) is 0 Å². The van der Waals surface area contributed by atoms with E-state index in [0.717, 1.165) is 23.4 Å². The molecule has 0 radical (unpaired) electrons. The van der Waals surface area contributed by atoms with Crippen molar-refractivity contribution in [3.8, 4) is 0 Å². The molecule has 0 atom stereocenters. The highest BCUT2D eigenvalue weighted by molar-refractivity contribution is 7.19. The molecule has 0 bridgehead atoms. The summed E-state index contributed by atoms with van der Waals surface area (Å²) in [5.74, 6) is -0.369. The van der Waals surface area contributed by atoms with Gasteiger partial charge in [-0.25, -0.2) is 4.79 Å². The molecule has 2 aliphatic rings. The molecule has 6 heteroatoms. The lowest BCUT2D eigenvalue weighted by molar-refractivity contribution is 0.0607. The van der Waals surface area contributed by atoms with Gasteiger partial charge < -0.3 is 15.9 Å². The number of ether oxygens (including phenoxy) is 1. The number of hydrogen-bond acceptors (Lipinski definition) is 6. The number of fused-ring (bicyclic) bond motifs is 2. The third kappa shape index (κ3) is 1.56. The van der Waals surface area contributed by atoms with E-state index < -0.39 is 0 Å². The van der Waals surface area contributed by atoms with Gasteiger partial charge >= 0.3 is 5.97 Å². The molecular weight excluding hydrogens is 250 g/mol. The summed E-state index contributed by atoms with van der Waals surface area (Å²) in [5, 5.41) is 0.911. The molecular formula is C12H15N3O2S. The van der Waals surface area contributed by atoms with Gasteiger partial charge in [0.25, 0.3) is 0 Å². The number of carbonyl (C=O) groups excluding carboxylic acids is 1. The lowest BCUT2D eigenvalue weighted by atomic mass is 9.90. The molecule has 1 aliphatic heterocycles. The lowest BCUT2D eigenvalue weighted by Gasteiger charge is -2.27. The summed E-state index contributed by atoms with van der Waals surface area (Å²) in [4.78, 5) is 12.1. The van der Waals surface area contributed by atoms with Crippen LogP contribution in [0.2, 0.25) is 0 Å². The average Bonchev–Trinajstić information content (AvgIpc) is 2.76. The number of anilines is 2. The summed E-state index contributed by atoms with van der Waals surface area (Å²) in [6, 6.07) is 0. The van der Waals surface area contributed by atoms with Crippen LogP contribution in [0.4, 0.5) is 10.7 Å². The van der Waals surface area contributed by atoms with Crippen LogP contribution in [0.5, 0.6) is 0 Å². The van der Waals surface area contributed by atoms with Crippen molar-refractivity contribution in [1.29, 1.82) is 0 Å². The lowest BCUT2D eigenvalue weighted by Crippen LogP contribution is -2.27. The van der Waals surface area contributed by atoms with Crippen LogP contribution in [0.1, 0.15) is 40.9 Å². The number of esters is 1. The summed E-state index contributed by atoms with van der Waals surface area (Å²) in [7, 11) is 1.37. The minimum Gasteiger partial charge on any atom is -0.465 e. The molecule has 0 unspecified atom stereocenters. The molecule has 4 N–H and O–H groups in total. The SMILES string of the molecule is COC(=O)c1sc2c(c1N)C1=C(CCCC1)NN2. The summed E-state index contributed by atoms with van der Waals surface area (Å²) in [6.45, 7) is 0. The highest BCUT2D eigenvalue weighted by atomic mass is 32.1. The first-order valence-electron chi connectivity index (χ1n) is 5.97. The molecule has 0 saturated carbocycles. The number of nitrogen functional groups attached to an aromatic ring is 1. The standard InChI is InChI=1S/C12H15N3O2S/c1-17-12(16)10-9(13)8-6-4-2-3-5-7(6)14-15-11(8)18-10/h14-15H,2-5,13H2,1H3. The van der Waals surface area contributed by atoms with E-state index in [9.17, 15) is 4.79 Å². The summed E-state index contributed by atoms with van der Waals surface area (Å²) < 4.78 is 4.76. The Kier molecular flexibility index (Phi) is 2.66. The van der Waals surface area contributed by atoms with E-state index in [2.05, 4.69) is 10.9 Å². The molecule has 3 rings (SSSR count). The van der Waals surface area contributed by atoms with Gasteiger partial charge in [-0.15, -0.1) is 11.3 Å². The van der Waals surface area contributed by atoms with Gasteiger partial charge in [0.2, 0.25) is 0 Å². The summed E-state index contributed by atoms with van der Waals surface area (Å²) in [5.41, 5.74) is 16.4. The van der Waals surface area contributed by atoms with Gasteiger partial charge in [0.15, 0.2) is 0 Å². The fourth-order valence-electron chi connectivity index (χ4n) is 2.53. The number of methoxy groups -OCH3 is 1. The molecule has 0 saturated heterocycles. The third-order valence-corrected chi connectivity index (χ3v) is 4.51. The van der Waals surface area contributed by atoms with Crippen LogP contribution in [0.15, 0.2) is 5.70 Å². The Hall–Kier alpha value is -1.69. The molecule has 1 aliphatic carbocycles. The van der Waals surface area contributed by atoms with Gasteiger partial charge in [-0.05, 0) is 31.3 Å². The predicted molar refractivity (Wildman–Crippen MR) is 72.2 cm³/mol.